The number of amides is 1. The Kier molecular flexibility index (Phi) is 4.27. The number of nitrogens with two attached hydrogens (primary N) is 1. The molecule has 0 saturated heterocycles. The maximum atomic E-state index is 12.7. The van der Waals surface area contributed by atoms with E-state index in [1.54, 1.807) is 11.8 Å². The Morgan fingerprint density at radius 3 is 2.62 bits per heavy atom. The van der Waals surface area contributed by atoms with Gasteiger partial charge in [-0.3, -0.25) is 4.79 Å². The average molecular weight is 298 g/mol. The summed E-state index contributed by atoms with van der Waals surface area (Å²) in [7, 11) is 0. The van der Waals surface area contributed by atoms with Crippen LogP contribution in [0.25, 0.3) is 0 Å². The van der Waals surface area contributed by atoms with E-state index in [-0.39, 0.29) is 5.91 Å². The highest BCUT2D eigenvalue weighted by Gasteiger charge is 2.24. The Hall–Kier alpha value is -1.78. The van der Waals surface area contributed by atoms with Crippen LogP contribution in [0.5, 0.6) is 0 Å². The average Bonchev–Trinajstić information content (AvgIpc) is 2.76. The predicted octanol–water partition coefficient (Wildman–Crippen LogP) is 2.82. The van der Waals surface area contributed by atoms with Crippen molar-refractivity contribution in [1.82, 2.24) is 4.90 Å². The van der Waals surface area contributed by atoms with E-state index in [1.807, 2.05) is 47.4 Å². The molecule has 1 aliphatic rings. The summed E-state index contributed by atoms with van der Waals surface area (Å²) in [6.07, 6.45) is 0. The molecule has 4 heteroatoms. The third kappa shape index (κ3) is 3.12. The molecule has 0 fully saturated rings. The Morgan fingerprint density at radius 1 is 1.10 bits per heavy atom. The molecule has 0 aliphatic carbocycles. The monoisotopic (exact) mass is 298 g/mol. The zero-order valence-electron chi connectivity index (χ0n) is 11.7. The molecule has 0 aromatic heterocycles. The number of hydrogen-bond donors (Lipinski definition) is 1. The molecule has 1 aliphatic heterocycles. The van der Waals surface area contributed by atoms with Crippen molar-refractivity contribution in [3.8, 4) is 0 Å². The first-order chi connectivity index (χ1) is 10.3. The second-order valence-electron chi connectivity index (χ2n) is 5.10. The van der Waals surface area contributed by atoms with Crippen LogP contribution in [0.15, 0.2) is 59.5 Å². The van der Waals surface area contributed by atoms with Gasteiger partial charge in [0.2, 0.25) is 5.91 Å². The predicted molar refractivity (Wildman–Crippen MR) is 86.0 cm³/mol. The number of carbonyl (C=O) groups excluding carboxylic acids is 1. The summed E-state index contributed by atoms with van der Waals surface area (Å²) in [4.78, 5) is 15.8. The lowest BCUT2D eigenvalue weighted by Gasteiger charge is -2.24. The minimum absolute atomic E-state index is 0.00139. The SMILES string of the molecule is N[C@H](C(=O)N1CCSc2ccccc2C1)c1ccccc1. The Labute approximate surface area is 129 Å². The maximum absolute atomic E-state index is 12.7. The number of fused-ring (bicyclic) bond motifs is 1. The number of carbonyl (C=O) groups is 1. The van der Waals surface area contributed by atoms with E-state index in [2.05, 4.69) is 12.1 Å². The van der Waals surface area contributed by atoms with Gasteiger partial charge in [0, 0.05) is 23.7 Å². The summed E-state index contributed by atoms with van der Waals surface area (Å²) in [6, 6.07) is 17.2. The van der Waals surface area contributed by atoms with E-state index in [9.17, 15) is 4.79 Å². The van der Waals surface area contributed by atoms with Crippen LogP contribution in [-0.2, 0) is 11.3 Å². The second kappa shape index (κ2) is 6.33. The van der Waals surface area contributed by atoms with Crippen molar-refractivity contribution in [2.24, 2.45) is 5.73 Å². The zero-order valence-corrected chi connectivity index (χ0v) is 12.6. The van der Waals surface area contributed by atoms with Gasteiger partial charge in [0.25, 0.3) is 0 Å². The molecule has 2 N–H and O–H groups in total. The molecule has 3 nitrogen and oxygen atoms in total. The highest BCUT2D eigenvalue weighted by atomic mass is 32.2. The highest BCUT2D eigenvalue weighted by molar-refractivity contribution is 7.99. The molecule has 1 amide bonds. The topological polar surface area (TPSA) is 46.3 Å². The number of benzene rings is 2. The molecule has 0 spiro atoms. The fourth-order valence-electron chi connectivity index (χ4n) is 2.51. The molecule has 0 saturated carbocycles. The van der Waals surface area contributed by atoms with Crippen molar-refractivity contribution in [3.63, 3.8) is 0 Å². The van der Waals surface area contributed by atoms with Crippen LogP contribution < -0.4 is 5.73 Å². The number of nitrogens with zero attached hydrogens (tertiary/aromatic N) is 1. The molecular weight excluding hydrogens is 280 g/mol. The lowest BCUT2D eigenvalue weighted by atomic mass is 10.1. The minimum atomic E-state index is -0.582. The first kappa shape index (κ1) is 14.2. The molecule has 2 aromatic rings. The van der Waals surface area contributed by atoms with Crippen molar-refractivity contribution in [2.75, 3.05) is 12.3 Å². The van der Waals surface area contributed by atoms with Gasteiger partial charge in [-0.1, -0.05) is 48.5 Å². The fourth-order valence-corrected chi connectivity index (χ4v) is 3.54. The van der Waals surface area contributed by atoms with Crippen LogP contribution >= 0.6 is 11.8 Å². The Balaban J connectivity index is 1.79. The third-order valence-corrected chi connectivity index (χ3v) is 4.78. The van der Waals surface area contributed by atoms with Gasteiger partial charge in [-0.15, -0.1) is 11.8 Å². The van der Waals surface area contributed by atoms with Crippen LogP contribution in [0, 0.1) is 0 Å². The van der Waals surface area contributed by atoms with Crippen LogP contribution in [0.3, 0.4) is 0 Å². The molecule has 0 unspecified atom stereocenters. The van der Waals surface area contributed by atoms with Gasteiger partial charge in [0.05, 0.1) is 0 Å². The van der Waals surface area contributed by atoms with Crippen molar-refractivity contribution in [1.29, 1.82) is 0 Å². The first-order valence-electron chi connectivity index (χ1n) is 7.06. The molecule has 3 rings (SSSR count). The quantitative estimate of drug-likeness (QED) is 0.927. The van der Waals surface area contributed by atoms with Crippen molar-refractivity contribution in [3.05, 3.63) is 65.7 Å². The number of thioether (sulfide) groups is 1. The number of hydrogen-bond acceptors (Lipinski definition) is 3. The lowest BCUT2D eigenvalue weighted by molar-refractivity contribution is -0.133. The number of rotatable bonds is 2. The molecule has 2 aromatic carbocycles. The fraction of sp³-hybridized carbons (Fsp3) is 0.235. The third-order valence-electron chi connectivity index (χ3n) is 3.69. The Bertz CT molecular complexity index is 630. The van der Waals surface area contributed by atoms with Crippen LogP contribution in [-0.4, -0.2) is 23.1 Å². The van der Waals surface area contributed by atoms with E-state index < -0.39 is 6.04 Å². The molecule has 0 bridgehead atoms. The van der Waals surface area contributed by atoms with Gasteiger partial charge < -0.3 is 10.6 Å². The van der Waals surface area contributed by atoms with Gasteiger partial charge >= 0.3 is 0 Å². The summed E-state index contributed by atoms with van der Waals surface area (Å²) in [6.45, 7) is 1.38. The summed E-state index contributed by atoms with van der Waals surface area (Å²) in [5.74, 6) is 0.906. The molecule has 1 heterocycles. The molecule has 21 heavy (non-hydrogen) atoms. The van der Waals surface area contributed by atoms with Gasteiger partial charge in [-0.2, -0.15) is 0 Å². The summed E-state index contributed by atoms with van der Waals surface area (Å²) >= 11 is 1.80. The first-order valence-corrected chi connectivity index (χ1v) is 8.04. The Morgan fingerprint density at radius 2 is 1.81 bits per heavy atom. The van der Waals surface area contributed by atoms with Crippen molar-refractivity contribution < 1.29 is 4.79 Å². The lowest BCUT2D eigenvalue weighted by Crippen LogP contribution is -2.38. The molecule has 108 valence electrons. The van der Waals surface area contributed by atoms with E-state index in [0.29, 0.717) is 6.54 Å². The van der Waals surface area contributed by atoms with E-state index >= 15 is 0 Å². The van der Waals surface area contributed by atoms with E-state index in [0.717, 1.165) is 17.9 Å². The highest BCUT2D eigenvalue weighted by Crippen LogP contribution is 2.28. The zero-order chi connectivity index (χ0) is 14.7. The van der Waals surface area contributed by atoms with Crippen molar-refractivity contribution in [2.45, 2.75) is 17.5 Å². The molecule has 1 atom stereocenters. The van der Waals surface area contributed by atoms with Gasteiger partial charge in [-0.25, -0.2) is 0 Å². The molecule has 0 radical (unpaired) electrons. The maximum Gasteiger partial charge on any atom is 0.244 e. The largest absolute Gasteiger partial charge is 0.336 e. The molecular formula is C17H18N2OS. The van der Waals surface area contributed by atoms with E-state index in [4.69, 9.17) is 5.73 Å². The second-order valence-corrected chi connectivity index (χ2v) is 6.24. The summed E-state index contributed by atoms with van der Waals surface area (Å²) < 4.78 is 0. The normalized spacial score (nSPS) is 16.0. The van der Waals surface area contributed by atoms with Gasteiger partial charge in [-0.05, 0) is 17.2 Å². The van der Waals surface area contributed by atoms with Crippen LogP contribution in [0.2, 0.25) is 0 Å². The van der Waals surface area contributed by atoms with Gasteiger partial charge in [0.15, 0.2) is 0 Å². The summed E-state index contributed by atoms with van der Waals surface area (Å²) in [5.41, 5.74) is 8.21. The van der Waals surface area contributed by atoms with Gasteiger partial charge in [0.1, 0.15) is 6.04 Å². The smallest absolute Gasteiger partial charge is 0.244 e. The van der Waals surface area contributed by atoms with Crippen LogP contribution in [0.4, 0.5) is 0 Å². The minimum Gasteiger partial charge on any atom is -0.336 e. The van der Waals surface area contributed by atoms with E-state index in [1.165, 1.54) is 10.5 Å². The van der Waals surface area contributed by atoms with Crippen LogP contribution in [0.1, 0.15) is 17.2 Å². The summed E-state index contributed by atoms with van der Waals surface area (Å²) in [5, 5.41) is 0. The standard InChI is InChI=1S/C17H18N2OS/c18-16(13-6-2-1-3-7-13)17(20)19-10-11-21-15-9-5-4-8-14(15)12-19/h1-9,16H,10-12,18H2/t16-/m0/s1. The van der Waals surface area contributed by atoms with Crippen molar-refractivity contribution >= 4 is 17.7 Å².